The van der Waals surface area contributed by atoms with E-state index in [1.54, 1.807) is 7.11 Å². The molecule has 1 saturated heterocycles. The molecule has 0 aromatic rings. The fraction of sp³-hybridized carbons (Fsp3) is 0.875. The molecule has 6 nitrogen and oxygen atoms in total. The van der Waals surface area contributed by atoms with Crippen molar-refractivity contribution in [1.29, 1.82) is 0 Å². The number of oxime groups is 2. The summed E-state index contributed by atoms with van der Waals surface area (Å²) >= 11 is 0. The first-order valence-electron chi connectivity index (χ1n) is 12.0. The minimum atomic E-state index is -0.149. The molecule has 30 heavy (non-hydrogen) atoms. The monoisotopic (exact) mass is 415 g/mol. The highest BCUT2D eigenvalue weighted by Gasteiger charge is 2.62. The number of rotatable bonds is 3. The maximum atomic E-state index is 12.8. The summed E-state index contributed by atoms with van der Waals surface area (Å²) in [5.41, 5.74) is 2.57. The van der Waals surface area contributed by atoms with Crippen molar-refractivity contribution in [3.8, 4) is 0 Å². The molecule has 0 radical (unpaired) electrons. The average molecular weight is 416 g/mol. The van der Waals surface area contributed by atoms with Crippen LogP contribution in [0.3, 0.4) is 0 Å². The van der Waals surface area contributed by atoms with Crippen LogP contribution < -0.4 is 5.32 Å². The summed E-state index contributed by atoms with van der Waals surface area (Å²) in [6.07, 6.45) is 9.39. The van der Waals surface area contributed by atoms with Gasteiger partial charge in [-0.3, -0.25) is 4.79 Å². The second-order valence-electron chi connectivity index (χ2n) is 10.9. The zero-order valence-electron chi connectivity index (χ0n) is 18.8. The molecule has 7 atom stereocenters. The quantitative estimate of drug-likeness (QED) is 0.709. The molecule has 0 bridgehead atoms. The number of carbonyl (C=O) groups is 1. The molecule has 0 amide bonds. The molecule has 166 valence electrons. The summed E-state index contributed by atoms with van der Waals surface area (Å²) in [4.78, 5) is 23.9. The van der Waals surface area contributed by atoms with Crippen molar-refractivity contribution in [3.63, 3.8) is 0 Å². The van der Waals surface area contributed by atoms with Crippen LogP contribution in [0.25, 0.3) is 0 Å². The van der Waals surface area contributed by atoms with Gasteiger partial charge in [0.2, 0.25) is 0 Å². The first-order chi connectivity index (χ1) is 14.5. The van der Waals surface area contributed by atoms with E-state index in [1.165, 1.54) is 17.8 Å². The molecular formula is C24H37N3O3. The van der Waals surface area contributed by atoms with Crippen molar-refractivity contribution < 1.29 is 14.5 Å². The third-order valence-corrected chi connectivity index (χ3v) is 9.59. The molecule has 5 rings (SSSR count). The fourth-order valence-electron chi connectivity index (χ4n) is 7.70. The SMILES string of the molecule is CO/N=C1\C[C@H]2CC(=NO[C@@H]3CCNC3)CC[C@]2(C)[C@H]2CC[C@]3(C)C(=O)CC[C@H]3[C@H]12. The zero-order valence-corrected chi connectivity index (χ0v) is 18.8. The Morgan fingerprint density at radius 3 is 2.67 bits per heavy atom. The van der Waals surface area contributed by atoms with Crippen LogP contribution in [0.15, 0.2) is 10.3 Å². The Morgan fingerprint density at radius 1 is 1.03 bits per heavy atom. The van der Waals surface area contributed by atoms with Gasteiger partial charge in [0.1, 0.15) is 19.0 Å². The normalized spacial score (nSPS) is 48.4. The standard InChI is InChI=1S/C24H37N3O3/c1-23-9-6-16(26-30-17-8-11-25-14-17)12-15(23)13-20(27-29-3)22-18-4-5-21(28)24(18,2)10-7-19(22)23/h15,17-19,22,25H,4-14H2,1-3H3/b26-16?,27-20+/t15-,17-,18+,19+,22+,23+,24+/m1/s1. The van der Waals surface area contributed by atoms with E-state index in [-0.39, 0.29) is 11.5 Å². The molecule has 5 fully saturated rings. The van der Waals surface area contributed by atoms with E-state index in [2.05, 4.69) is 29.5 Å². The topological polar surface area (TPSA) is 72.3 Å². The third kappa shape index (κ3) is 3.12. The fourth-order valence-corrected chi connectivity index (χ4v) is 7.70. The highest BCUT2D eigenvalue weighted by Crippen LogP contribution is 2.64. The van der Waals surface area contributed by atoms with Gasteiger partial charge in [-0.2, -0.15) is 0 Å². The Balaban J connectivity index is 1.40. The van der Waals surface area contributed by atoms with Gasteiger partial charge < -0.3 is 15.0 Å². The lowest BCUT2D eigenvalue weighted by atomic mass is 9.45. The number of fused-ring (bicyclic) bond motifs is 5. The average Bonchev–Trinajstić information content (AvgIpc) is 3.35. The van der Waals surface area contributed by atoms with Gasteiger partial charge in [-0.1, -0.05) is 24.2 Å². The van der Waals surface area contributed by atoms with Gasteiger partial charge in [0.25, 0.3) is 0 Å². The predicted molar refractivity (Wildman–Crippen MR) is 116 cm³/mol. The Bertz CT molecular complexity index is 759. The van der Waals surface area contributed by atoms with Crippen LogP contribution in [-0.2, 0) is 14.5 Å². The summed E-state index contributed by atoms with van der Waals surface area (Å²) < 4.78 is 0. The lowest BCUT2D eigenvalue weighted by molar-refractivity contribution is -0.131. The molecule has 5 aliphatic rings. The molecule has 0 spiro atoms. The third-order valence-electron chi connectivity index (χ3n) is 9.59. The van der Waals surface area contributed by atoms with E-state index in [0.29, 0.717) is 34.9 Å². The Labute approximate surface area is 180 Å². The smallest absolute Gasteiger partial charge is 0.141 e. The molecule has 4 saturated carbocycles. The van der Waals surface area contributed by atoms with Crippen molar-refractivity contribution in [1.82, 2.24) is 5.32 Å². The van der Waals surface area contributed by atoms with E-state index >= 15 is 0 Å². The first kappa shape index (κ1) is 20.5. The minimum absolute atomic E-state index is 0.149. The van der Waals surface area contributed by atoms with Gasteiger partial charge in [0.05, 0.1) is 11.4 Å². The lowest BCUT2D eigenvalue weighted by Crippen LogP contribution is -2.57. The number of hydrogen-bond acceptors (Lipinski definition) is 6. The number of hydrogen-bond donors (Lipinski definition) is 1. The van der Waals surface area contributed by atoms with E-state index in [1.807, 2.05) is 0 Å². The Morgan fingerprint density at radius 2 is 1.90 bits per heavy atom. The van der Waals surface area contributed by atoms with Crippen molar-refractivity contribution >= 4 is 17.2 Å². The van der Waals surface area contributed by atoms with Crippen LogP contribution in [-0.4, -0.2) is 43.5 Å². The van der Waals surface area contributed by atoms with Gasteiger partial charge in [-0.05, 0) is 74.7 Å². The van der Waals surface area contributed by atoms with Crippen LogP contribution in [0, 0.1) is 34.5 Å². The summed E-state index contributed by atoms with van der Waals surface area (Å²) in [5, 5.41) is 12.5. The molecule has 1 heterocycles. The number of ketones is 1. The van der Waals surface area contributed by atoms with E-state index in [0.717, 1.165) is 64.5 Å². The largest absolute Gasteiger partial charge is 0.399 e. The second-order valence-corrected chi connectivity index (χ2v) is 10.9. The van der Waals surface area contributed by atoms with Crippen LogP contribution in [0.4, 0.5) is 0 Å². The van der Waals surface area contributed by atoms with E-state index < -0.39 is 0 Å². The van der Waals surface area contributed by atoms with Crippen molar-refractivity contribution in [3.05, 3.63) is 0 Å². The Hall–Kier alpha value is -1.43. The van der Waals surface area contributed by atoms with Gasteiger partial charge in [-0.25, -0.2) is 0 Å². The summed E-state index contributed by atoms with van der Waals surface area (Å²) in [6, 6.07) is 0. The number of nitrogens with one attached hydrogen (secondary N) is 1. The number of Topliss-reactive ketones (excluding diaryl/α,β-unsaturated/α-hetero) is 1. The molecule has 6 heteroatoms. The van der Waals surface area contributed by atoms with Crippen LogP contribution in [0.5, 0.6) is 0 Å². The number of carbonyl (C=O) groups excluding carboxylic acids is 1. The predicted octanol–water partition coefficient (Wildman–Crippen LogP) is 3.95. The molecule has 0 aromatic carbocycles. The molecule has 1 aliphatic heterocycles. The number of nitrogens with zero attached hydrogens (tertiary/aromatic N) is 2. The molecule has 0 unspecified atom stereocenters. The van der Waals surface area contributed by atoms with Crippen molar-refractivity contribution in [2.75, 3.05) is 20.2 Å². The first-order valence-corrected chi connectivity index (χ1v) is 12.0. The van der Waals surface area contributed by atoms with Crippen molar-refractivity contribution in [2.24, 2.45) is 44.8 Å². The highest BCUT2D eigenvalue weighted by atomic mass is 16.6. The van der Waals surface area contributed by atoms with Gasteiger partial charge in [0, 0.05) is 30.7 Å². The van der Waals surface area contributed by atoms with Crippen LogP contribution in [0.1, 0.15) is 71.6 Å². The van der Waals surface area contributed by atoms with Crippen molar-refractivity contribution in [2.45, 2.75) is 77.7 Å². The maximum absolute atomic E-state index is 12.8. The molecule has 1 N–H and O–H groups in total. The molecular weight excluding hydrogens is 378 g/mol. The summed E-state index contributed by atoms with van der Waals surface area (Å²) in [7, 11) is 1.66. The van der Waals surface area contributed by atoms with Crippen LogP contribution in [0.2, 0.25) is 0 Å². The zero-order chi connectivity index (χ0) is 20.9. The lowest BCUT2D eigenvalue weighted by Gasteiger charge is -2.59. The molecule has 0 aromatic heterocycles. The highest BCUT2D eigenvalue weighted by molar-refractivity contribution is 5.94. The molecule has 4 aliphatic carbocycles. The summed E-state index contributed by atoms with van der Waals surface area (Å²) in [5.74, 6) is 2.44. The van der Waals surface area contributed by atoms with Gasteiger partial charge in [0.15, 0.2) is 0 Å². The minimum Gasteiger partial charge on any atom is -0.399 e. The summed E-state index contributed by atoms with van der Waals surface area (Å²) in [6.45, 7) is 6.67. The van der Waals surface area contributed by atoms with Gasteiger partial charge in [-0.15, -0.1) is 0 Å². The second kappa shape index (κ2) is 7.61. The Kier molecular flexibility index (Phi) is 5.19. The van der Waals surface area contributed by atoms with Gasteiger partial charge >= 0.3 is 0 Å². The van der Waals surface area contributed by atoms with Crippen LogP contribution >= 0.6 is 0 Å². The maximum Gasteiger partial charge on any atom is 0.141 e. The van der Waals surface area contributed by atoms with E-state index in [4.69, 9.17) is 9.68 Å². The van der Waals surface area contributed by atoms with E-state index in [9.17, 15) is 4.79 Å².